The molecule has 0 aliphatic heterocycles. The van der Waals surface area contributed by atoms with Crippen LogP contribution in [0.5, 0.6) is 0 Å². The molecule has 3 aromatic rings. The summed E-state index contributed by atoms with van der Waals surface area (Å²) in [7, 11) is 4.01. The van der Waals surface area contributed by atoms with Crippen molar-refractivity contribution in [2.75, 3.05) is 24.3 Å². The minimum absolute atomic E-state index is 0.0296. The maximum atomic E-state index is 12.7. The second-order valence-corrected chi connectivity index (χ2v) is 10.1. The van der Waals surface area contributed by atoms with Gasteiger partial charge in [0.2, 0.25) is 5.95 Å². The Hall–Kier alpha value is -3.89. The number of nitrogens with zero attached hydrogens (tertiary/aromatic N) is 3. The Morgan fingerprint density at radius 1 is 0.975 bits per heavy atom. The van der Waals surface area contributed by atoms with Gasteiger partial charge in [0.25, 0.3) is 5.91 Å². The summed E-state index contributed by atoms with van der Waals surface area (Å²) in [6, 6.07) is 16.7. The molecule has 1 fully saturated rings. The molecule has 0 unspecified atom stereocenters. The Bertz CT molecular complexity index is 1270. The van der Waals surface area contributed by atoms with Crippen LogP contribution in [0.15, 0.2) is 48.5 Å². The van der Waals surface area contributed by atoms with Crippen LogP contribution >= 0.6 is 0 Å². The quantitative estimate of drug-likeness (QED) is 0.319. The largest absolute Gasteiger partial charge is 0.490 e. The first-order chi connectivity index (χ1) is 19.0. The SMILES string of the molecule is CCCCc1ccc(C(=O)NC2CCC(Nc3nc(N(C)C)c4ccccc4n3)CC2)cc1.O=C(O)C(F)(F)F. The van der Waals surface area contributed by atoms with Gasteiger partial charge in [-0.3, -0.25) is 4.79 Å². The number of para-hydroxylation sites is 1. The molecule has 0 spiro atoms. The number of carboxylic acids is 1. The van der Waals surface area contributed by atoms with Gasteiger partial charge in [0.05, 0.1) is 5.52 Å². The van der Waals surface area contributed by atoms with Crippen molar-refractivity contribution in [1.82, 2.24) is 15.3 Å². The van der Waals surface area contributed by atoms with E-state index in [0.717, 1.165) is 54.4 Å². The van der Waals surface area contributed by atoms with Crippen LogP contribution in [0.3, 0.4) is 0 Å². The van der Waals surface area contributed by atoms with Crippen molar-refractivity contribution in [2.24, 2.45) is 0 Å². The molecule has 1 saturated carbocycles. The van der Waals surface area contributed by atoms with E-state index in [2.05, 4.69) is 35.8 Å². The molecule has 216 valence electrons. The number of carbonyl (C=O) groups excluding carboxylic acids is 1. The number of fused-ring (bicyclic) bond motifs is 1. The first-order valence-electron chi connectivity index (χ1n) is 13.4. The number of alkyl halides is 3. The number of benzene rings is 2. The molecule has 1 amide bonds. The van der Waals surface area contributed by atoms with Crippen LogP contribution in [-0.2, 0) is 11.2 Å². The molecule has 40 heavy (non-hydrogen) atoms. The molecular weight excluding hydrogens is 523 g/mol. The van der Waals surface area contributed by atoms with Crippen LogP contribution < -0.4 is 15.5 Å². The average molecular weight is 560 g/mol. The highest BCUT2D eigenvalue weighted by Crippen LogP contribution is 2.26. The van der Waals surface area contributed by atoms with E-state index < -0.39 is 12.1 Å². The molecule has 1 aliphatic carbocycles. The molecule has 0 atom stereocenters. The minimum Gasteiger partial charge on any atom is -0.475 e. The summed E-state index contributed by atoms with van der Waals surface area (Å²) in [6.07, 6.45) is 2.22. The van der Waals surface area contributed by atoms with Crippen LogP contribution in [0.25, 0.3) is 10.9 Å². The Morgan fingerprint density at radius 2 is 1.57 bits per heavy atom. The van der Waals surface area contributed by atoms with Gasteiger partial charge < -0.3 is 20.6 Å². The number of aliphatic carboxylic acids is 1. The lowest BCUT2D eigenvalue weighted by Gasteiger charge is -2.30. The lowest BCUT2D eigenvalue weighted by molar-refractivity contribution is -0.192. The molecule has 1 aliphatic rings. The van der Waals surface area contributed by atoms with Crippen molar-refractivity contribution in [2.45, 2.75) is 70.1 Å². The Labute approximate surface area is 232 Å². The Balaban J connectivity index is 0.000000559. The third kappa shape index (κ3) is 8.82. The van der Waals surface area contributed by atoms with E-state index in [1.807, 2.05) is 49.3 Å². The Morgan fingerprint density at radius 3 is 2.15 bits per heavy atom. The molecule has 0 radical (unpaired) electrons. The number of amides is 1. The molecule has 11 heteroatoms. The summed E-state index contributed by atoms with van der Waals surface area (Å²) in [5, 5.41) is 14.9. The zero-order valence-electron chi connectivity index (χ0n) is 23.0. The predicted octanol–water partition coefficient (Wildman–Crippen LogP) is 5.82. The smallest absolute Gasteiger partial charge is 0.475 e. The van der Waals surface area contributed by atoms with Gasteiger partial charge in [0, 0.05) is 37.1 Å². The lowest BCUT2D eigenvalue weighted by atomic mass is 9.91. The number of halogens is 3. The van der Waals surface area contributed by atoms with Gasteiger partial charge in [-0.05, 0) is 68.4 Å². The maximum absolute atomic E-state index is 12.7. The number of hydrogen-bond acceptors (Lipinski definition) is 6. The van der Waals surface area contributed by atoms with Crippen molar-refractivity contribution in [3.05, 3.63) is 59.7 Å². The van der Waals surface area contributed by atoms with Crippen molar-refractivity contribution in [3.8, 4) is 0 Å². The summed E-state index contributed by atoms with van der Waals surface area (Å²) in [5.74, 6) is -1.13. The monoisotopic (exact) mass is 559 g/mol. The molecule has 1 aromatic heterocycles. The van der Waals surface area contributed by atoms with Gasteiger partial charge in [-0.1, -0.05) is 37.6 Å². The number of aryl methyl sites for hydroxylation is 1. The Kier molecular flexibility index (Phi) is 10.7. The second-order valence-electron chi connectivity index (χ2n) is 10.1. The van der Waals surface area contributed by atoms with E-state index in [1.54, 1.807) is 0 Å². The molecule has 0 saturated heterocycles. The fourth-order valence-corrected chi connectivity index (χ4v) is 4.50. The minimum atomic E-state index is -5.08. The highest BCUT2D eigenvalue weighted by Gasteiger charge is 2.38. The number of hydrogen-bond donors (Lipinski definition) is 3. The summed E-state index contributed by atoms with van der Waals surface area (Å²) >= 11 is 0. The average Bonchev–Trinajstić information content (AvgIpc) is 2.92. The summed E-state index contributed by atoms with van der Waals surface area (Å²) in [4.78, 5) is 33.1. The highest BCUT2D eigenvalue weighted by atomic mass is 19.4. The molecule has 4 rings (SSSR count). The van der Waals surface area contributed by atoms with Crippen LogP contribution in [-0.4, -0.2) is 59.3 Å². The van der Waals surface area contributed by atoms with Crippen molar-refractivity contribution >= 4 is 34.5 Å². The van der Waals surface area contributed by atoms with Gasteiger partial charge in [0.1, 0.15) is 5.82 Å². The van der Waals surface area contributed by atoms with Crippen LogP contribution in [0, 0.1) is 0 Å². The summed E-state index contributed by atoms with van der Waals surface area (Å²) < 4.78 is 31.7. The standard InChI is InChI=1S/C27H35N5O.C2HF3O2/c1-4-5-8-19-11-13-20(14-12-19)26(33)28-21-15-17-22(18-16-21)29-27-30-24-10-7-6-9-23(24)25(31-27)32(2)3;3-2(4,5)1(6)7/h6-7,9-14,21-22H,4-5,8,15-18H2,1-3H3,(H,28,33)(H,29,30,31);(H,6,7). The van der Waals surface area contributed by atoms with Gasteiger partial charge in [0.15, 0.2) is 0 Å². The van der Waals surface area contributed by atoms with E-state index in [9.17, 15) is 18.0 Å². The number of rotatable bonds is 8. The fraction of sp³-hybridized carbons (Fsp3) is 0.448. The number of anilines is 2. The number of carbonyl (C=O) groups is 2. The molecule has 3 N–H and O–H groups in total. The second kappa shape index (κ2) is 14.0. The maximum Gasteiger partial charge on any atom is 0.490 e. The van der Waals surface area contributed by atoms with E-state index in [-0.39, 0.29) is 11.9 Å². The van der Waals surface area contributed by atoms with Gasteiger partial charge in [-0.15, -0.1) is 0 Å². The number of carboxylic acid groups (broad SMARTS) is 1. The molecular formula is C29H36F3N5O3. The molecule has 8 nitrogen and oxygen atoms in total. The summed E-state index contributed by atoms with van der Waals surface area (Å²) in [5.41, 5.74) is 2.99. The zero-order chi connectivity index (χ0) is 29.3. The van der Waals surface area contributed by atoms with Gasteiger partial charge in [-0.25, -0.2) is 9.78 Å². The molecule has 0 bridgehead atoms. The van der Waals surface area contributed by atoms with Crippen LogP contribution in [0.4, 0.5) is 24.9 Å². The fourth-order valence-electron chi connectivity index (χ4n) is 4.50. The van der Waals surface area contributed by atoms with Crippen LogP contribution in [0.1, 0.15) is 61.4 Å². The normalized spacial score (nSPS) is 16.9. The third-order valence-electron chi connectivity index (χ3n) is 6.68. The highest BCUT2D eigenvalue weighted by molar-refractivity contribution is 5.94. The lowest BCUT2D eigenvalue weighted by Crippen LogP contribution is -2.40. The predicted molar refractivity (Wildman–Crippen MR) is 150 cm³/mol. The van der Waals surface area contributed by atoms with E-state index in [0.29, 0.717) is 12.0 Å². The van der Waals surface area contributed by atoms with Gasteiger partial charge in [-0.2, -0.15) is 18.2 Å². The van der Waals surface area contributed by atoms with E-state index in [4.69, 9.17) is 19.9 Å². The van der Waals surface area contributed by atoms with Gasteiger partial charge >= 0.3 is 12.1 Å². The van der Waals surface area contributed by atoms with Crippen molar-refractivity contribution in [3.63, 3.8) is 0 Å². The number of nitrogens with one attached hydrogen (secondary N) is 2. The topological polar surface area (TPSA) is 107 Å². The van der Waals surface area contributed by atoms with Crippen LogP contribution in [0.2, 0.25) is 0 Å². The molecule has 2 aromatic carbocycles. The van der Waals surface area contributed by atoms with Crippen molar-refractivity contribution < 1.29 is 27.9 Å². The molecule has 1 heterocycles. The van der Waals surface area contributed by atoms with E-state index in [1.165, 1.54) is 18.4 Å². The third-order valence-corrected chi connectivity index (χ3v) is 6.68. The van der Waals surface area contributed by atoms with Crippen molar-refractivity contribution in [1.29, 1.82) is 0 Å². The number of aromatic nitrogens is 2. The first-order valence-corrected chi connectivity index (χ1v) is 13.4. The number of unbranched alkanes of at least 4 members (excludes halogenated alkanes) is 1. The van der Waals surface area contributed by atoms with E-state index >= 15 is 0 Å². The zero-order valence-corrected chi connectivity index (χ0v) is 23.0. The summed E-state index contributed by atoms with van der Waals surface area (Å²) in [6.45, 7) is 2.20. The first kappa shape index (κ1) is 30.6.